The van der Waals surface area contributed by atoms with Gasteiger partial charge in [0.15, 0.2) is 5.82 Å². The minimum Gasteiger partial charge on any atom is -0.394 e. The number of benzene rings is 1. The van der Waals surface area contributed by atoms with E-state index in [4.69, 9.17) is 16.3 Å². The van der Waals surface area contributed by atoms with Gasteiger partial charge in [0, 0.05) is 17.4 Å². The fraction of sp³-hybridized carbons (Fsp3) is 0.421. The first-order valence-electron chi connectivity index (χ1n) is 9.54. The first kappa shape index (κ1) is 22.7. The molecule has 3 N–H and O–H groups in total. The molecule has 1 aliphatic rings. The van der Waals surface area contributed by atoms with Gasteiger partial charge in [-0.25, -0.2) is 0 Å². The molecular formula is C19H19ClF3N5O4. The van der Waals surface area contributed by atoms with Crippen molar-refractivity contribution in [3.05, 3.63) is 58.9 Å². The number of nitrogens with zero attached hydrogens (tertiary/aromatic N) is 5. The van der Waals surface area contributed by atoms with E-state index in [2.05, 4.69) is 15.3 Å². The molecule has 0 bridgehead atoms. The lowest BCUT2D eigenvalue weighted by Gasteiger charge is -2.42. The summed E-state index contributed by atoms with van der Waals surface area (Å²) in [6.07, 6.45) is -7.10. The average molecular weight is 474 g/mol. The number of aryl methyl sites for hydroxylation is 1. The monoisotopic (exact) mass is 473 g/mol. The van der Waals surface area contributed by atoms with Gasteiger partial charge < -0.3 is 20.1 Å². The van der Waals surface area contributed by atoms with Gasteiger partial charge in [-0.2, -0.15) is 18.3 Å². The molecule has 32 heavy (non-hydrogen) atoms. The zero-order valence-electron chi connectivity index (χ0n) is 16.6. The Labute approximate surface area is 184 Å². The standard InChI is InChI=1S/C19H19ClF3N5O4/c1-9-25-26-18(28(9)12-7-10(20)3-4-11(12)19(21,22)23)17-16(31)14(27-6-2-5-24-27)15(30)13(8-29)32-17/h2-7,13-17,29-31H,8H2,1H3/t13-,14+,15+,16-,17-/m1/s1. The second-order valence-corrected chi connectivity index (χ2v) is 7.77. The van der Waals surface area contributed by atoms with Crippen molar-refractivity contribution in [3.8, 4) is 5.69 Å². The van der Waals surface area contributed by atoms with E-state index in [0.717, 1.165) is 22.8 Å². The van der Waals surface area contributed by atoms with Crippen molar-refractivity contribution in [1.29, 1.82) is 0 Å². The number of halogens is 4. The lowest BCUT2D eigenvalue weighted by atomic mass is 9.92. The van der Waals surface area contributed by atoms with Crippen molar-refractivity contribution < 1.29 is 33.2 Å². The molecule has 1 saturated heterocycles. The molecule has 172 valence electrons. The molecule has 0 unspecified atom stereocenters. The highest BCUT2D eigenvalue weighted by Gasteiger charge is 2.48. The molecule has 0 amide bonds. The van der Waals surface area contributed by atoms with Crippen LogP contribution in [0.4, 0.5) is 13.2 Å². The van der Waals surface area contributed by atoms with Gasteiger partial charge in [0.05, 0.1) is 17.9 Å². The van der Waals surface area contributed by atoms with Crippen LogP contribution in [0.5, 0.6) is 0 Å². The lowest BCUT2D eigenvalue weighted by Crippen LogP contribution is -2.53. The minimum atomic E-state index is -4.71. The van der Waals surface area contributed by atoms with E-state index in [0.29, 0.717) is 0 Å². The van der Waals surface area contributed by atoms with Gasteiger partial charge >= 0.3 is 6.18 Å². The van der Waals surface area contributed by atoms with Crippen LogP contribution < -0.4 is 0 Å². The molecule has 4 rings (SSSR count). The Morgan fingerprint density at radius 3 is 2.56 bits per heavy atom. The van der Waals surface area contributed by atoms with Crippen LogP contribution in [0.2, 0.25) is 5.02 Å². The maximum absolute atomic E-state index is 13.7. The maximum atomic E-state index is 13.7. The van der Waals surface area contributed by atoms with Gasteiger partial charge in [0.1, 0.15) is 36.3 Å². The van der Waals surface area contributed by atoms with Crippen LogP contribution in [0.3, 0.4) is 0 Å². The smallest absolute Gasteiger partial charge is 0.394 e. The van der Waals surface area contributed by atoms with Gasteiger partial charge in [0.2, 0.25) is 0 Å². The normalized spacial score (nSPS) is 26.4. The van der Waals surface area contributed by atoms with Crippen molar-refractivity contribution in [2.75, 3.05) is 6.61 Å². The lowest BCUT2D eigenvalue weighted by molar-refractivity contribution is -0.210. The number of hydrogen-bond donors (Lipinski definition) is 3. The van der Waals surface area contributed by atoms with Crippen LogP contribution in [0, 0.1) is 6.92 Å². The summed E-state index contributed by atoms with van der Waals surface area (Å²) in [6, 6.07) is 3.58. The van der Waals surface area contributed by atoms with E-state index in [1.54, 1.807) is 6.07 Å². The molecule has 2 aromatic heterocycles. The topological polar surface area (TPSA) is 118 Å². The summed E-state index contributed by atoms with van der Waals surface area (Å²) < 4.78 is 49.2. The molecule has 3 aromatic rings. The summed E-state index contributed by atoms with van der Waals surface area (Å²) in [4.78, 5) is 0. The number of aliphatic hydroxyl groups is 3. The molecule has 0 radical (unpaired) electrons. The molecule has 1 fully saturated rings. The second kappa shape index (κ2) is 8.45. The number of aliphatic hydroxyl groups excluding tert-OH is 3. The molecule has 0 spiro atoms. The maximum Gasteiger partial charge on any atom is 0.418 e. The molecule has 0 saturated carbocycles. The Kier molecular flexibility index (Phi) is 5.98. The number of aromatic nitrogens is 5. The van der Waals surface area contributed by atoms with Crippen LogP contribution in [-0.2, 0) is 10.9 Å². The van der Waals surface area contributed by atoms with Gasteiger partial charge in [-0.15, -0.1) is 10.2 Å². The van der Waals surface area contributed by atoms with Crippen LogP contribution >= 0.6 is 11.6 Å². The molecule has 0 aliphatic carbocycles. The molecule has 9 nitrogen and oxygen atoms in total. The average Bonchev–Trinajstić information content (AvgIpc) is 3.37. The molecule has 3 heterocycles. The van der Waals surface area contributed by atoms with E-state index < -0.39 is 48.8 Å². The van der Waals surface area contributed by atoms with Crippen LogP contribution in [0.25, 0.3) is 5.69 Å². The third-order valence-corrected chi connectivity index (χ3v) is 5.57. The summed E-state index contributed by atoms with van der Waals surface area (Å²) in [6.45, 7) is 0.830. The van der Waals surface area contributed by atoms with Crippen molar-refractivity contribution in [2.45, 2.75) is 43.6 Å². The Bertz CT molecular complexity index is 1090. The summed E-state index contributed by atoms with van der Waals surface area (Å²) in [5.74, 6) is -0.0591. The summed E-state index contributed by atoms with van der Waals surface area (Å²) in [5, 5.41) is 43.3. The number of rotatable bonds is 4. The third kappa shape index (κ3) is 3.88. The number of hydrogen-bond acceptors (Lipinski definition) is 7. The summed E-state index contributed by atoms with van der Waals surface area (Å²) in [5.41, 5.74) is -1.33. The third-order valence-electron chi connectivity index (χ3n) is 5.33. The Morgan fingerprint density at radius 2 is 1.94 bits per heavy atom. The number of ether oxygens (including phenoxy) is 1. The van der Waals surface area contributed by atoms with Crippen molar-refractivity contribution in [2.24, 2.45) is 0 Å². The summed E-state index contributed by atoms with van der Waals surface area (Å²) in [7, 11) is 0. The Morgan fingerprint density at radius 1 is 1.19 bits per heavy atom. The van der Waals surface area contributed by atoms with Crippen molar-refractivity contribution in [1.82, 2.24) is 24.5 Å². The second-order valence-electron chi connectivity index (χ2n) is 7.34. The Hall–Kier alpha value is -2.51. The molecular weight excluding hydrogens is 455 g/mol. The van der Waals surface area contributed by atoms with Crippen LogP contribution in [-0.4, -0.2) is 64.8 Å². The zero-order chi connectivity index (χ0) is 23.2. The zero-order valence-corrected chi connectivity index (χ0v) is 17.3. The molecule has 5 atom stereocenters. The van der Waals surface area contributed by atoms with Gasteiger partial charge in [-0.05, 0) is 31.2 Å². The van der Waals surface area contributed by atoms with Crippen molar-refractivity contribution in [3.63, 3.8) is 0 Å². The van der Waals surface area contributed by atoms with Gasteiger partial charge in [-0.1, -0.05) is 11.6 Å². The van der Waals surface area contributed by atoms with Crippen LogP contribution in [0.1, 0.15) is 29.4 Å². The van der Waals surface area contributed by atoms with E-state index in [-0.39, 0.29) is 22.4 Å². The largest absolute Gasteiger partial charge is 0.418 e. The predicted octanol–water partition coefficient (Wildman–Crippen LogP) is 1.84. The SMILES string of the molecule is Cc1nnc([C@@H]2O[C@H](CO)[C@H](O)[C@H](n3cccn3)[C@H]2O)n1-c1cc(Cl)ccc1C(F)(F)F. The fourth-order valence-corrected chi connectivity index (χ4v) is 4.04. The highest BCUT2D eigenvalue weighted by molar-refractivity contribution is 6.30. The Balaban J connectivity index is 1.85. The van der Waals surface area contributed by atoms with E-state index in [1.165, 1.54) is 24.0 Å². The molecule has 1 aliphatic heterocycles. The van der Waals surface area contributed by atoms with Gasteiger partial charge in [0.25, 0.3) is 0 Å². The highest BCUT2D eigenvalue weighted by atomic mass is 35.5. The molecule has 1 aromatic carbocycles. The van der Waals surface area contributed by atoms with E-state index in [9.17, 15) is 28.5 Å². The van der Waals surface area contributed by atoms with Gasteiger partial charge in [-0.3, -0.25) is 9.25 Å². The predicted molar refractivity (Wildman–Crippen MR) is 104 cm³/mol. The first-order valence-corrected chi connectivity index (χ1v) is 9.92. The number of alkyl halides is 3. The quantitative estimate of drug-likeness (QED) is 0.529. The first-order chi connectivity index (χ1) is 15.1. The summed E-state index contributed by atoms with van der Waals surface area (Å²) >= 11 is 5.98. The fourth-order valence-electron chi connectivity index (χ4n) is 3.88. The highest BCUT2D eigenvalue weighted by Crippen LogP contribution is 2.41. The molecule has 13 heteroatoms. The van der Waals surface area contributed by atoms with Crippen LogP contribution in [0.15, 0.2) is 36.7 Å². The van der Waals surface area contributed by atoms with E-state index >= 15 is 0 Å². The van der Waals surface area contributed by atoms with E-state index in [1.807, 2.05) is 0 Å². The minimum absolute atomic E-state index is 0.0511. The van der Waals surface area contributed by atoms with Crippen molar-refractivity contribution >= 4 is 11.6 Å².